The molecule has 2 aromatic rings. The SMILES string of the molecule is CCCCCCn1cc(C(=O)NCCC)c(=O)c2c(N)cccc21. The highest BCUT2D eigenvalue weighted by Gasteiger charge is 2.16. The van der Waals surface area contributed by atoms with Crippen molar-refractivity contribution in [3.63, 3.8) is 0 Å². The number of aryl methyl sites for hydroxylation is 1. The summed E-state index contributed by atoms with van der Waals surface area (Å²) in [5.74, 6) is -0.325. The van der Waals surface area contributed by atoms with Crippen molar-refractivity contribution in [1.29, 1.82) is 0 Å². The maximum atomic E-state index is 12.7. The number of anilines is 1. The number of hydrogen-bond acceptors (Lipinski definition) is 3. The summed E-state index contributed by atoms with van der Waals surface area (Å²) < 4.78 is 1.99. The average molecular weight is 329 g/mol. The van der Waals surface area contributed by atoms with Gasteiger partial charge in [-0.25, -0.2) is 0 Å². The van der Waals surface area contributed by atoms with Gasteiger partial charge in [-0.1, -0.05) is 39.2 Å². The van der Waals surface area contributed by atoms with Gasteiger partial charge in [-0.3, -0.25) is 9.59 Å². The van der Waals surface area contributed by atoms with Crippen molar-refractivity contribution >= 4 is 22.5 Å². The number of rotatable bonds is 8. The Kier molecular flexibility index (Phi) is 6.41. The number of carbonyl (C=O) groups excluding carboxylic acids is 1. The lowest BCUT2D eigenvalue weighted by molar-refractivity contribution is 0.0952. The number of pyridine rings is 1. The molecule has 0 bridgehead atoms. The molecule has 2 rings (SSSR count). The van der Waals surface area contributed by atoms with Crippen LogP contribution in [0.4, 0.5) is 5.69 Å². The Morgan fingerprint density at radius 1 is 1.17 bits per heavy atom. The summed E-state index contributed by atoms with van der Waals surface area (Å²) in [6.07, 6.45) is 7.00. The lowest BCUT2D eigenvalue weighted by Crippen LogP contribution is -2.30. The van der Waals surface area contributed by atoms with Gasteiger partial charge in [0.05, 0.1) is 10.9 Å². The molecule has 5 nitrogen and oxygen atoms in total. The Morgan fingerprint density at radius 2 is 1.96 bits per heavy atom. The number of nitrogens with zero attached hydrogens (tertiary/aromatic N) is 1. The van der Waals surface area contributed by atoms with Crippen LogP contribution in [0.25, 0.3) is 10.9 Å². The number of carbonyl (C=O) groups is 1. The molecule has 3 N–H and O–H groups in total. The van der Waals surface area contributed by atoms with E-state index < -0.39 is 0 Å². The van der Waals surface area contributed by atoms with Crippen LogP contribution in [0.3, 0.4) is 0 Å². The fourth-order valence-corrected chi connectivity index (χ4v) is 2.85. The fraction of sp³-hybridized carbons (Fsp3) is 0.474. The van der Waals surface area contributed by atoms with Gasteiger partial charge in [0.25, 0.3) is 5.91 Å². The third-order valence-electron chi connectivity index (χ3n) is 4.17. The van der Waals surface area contributed by atoms with Crippen molar-refractivity contribution < 1.29 is 4.79 Å². The maximum Gasteiger partial charge on any atom is 0.256 e. The minimum Gasteiger partial charge on any atom is -0.398 e. The maximum absolute atomic E-state index is 12.7. The number of benzene rings is 1. The molecule has 0 fully saturated rings. The van der Waals surface area contributed by atoms with Crippen LogP contribution in [-0.4, -0.2) is 17.0 Å². The highest BCUT2D eigenvalue weighted by atomic mass is 16.2. The van der Waals surface area contributed by atoms with Crippen LogP contribution >= 0.6 is 0 Å². The van der Waals surface area contributed by atoms with Crippen LogP contribution in [0.5, 0.6) is 0 Å². The van der Waals surface area contributed by atoms with Gasteiger partial charge in [-0.2, -0.15) is 0 Å². The van der Waals surface area contributed by atoms with Crippen LogP contribution in [0.15, 0.2) is 29.2 Å². The van der Waals surface area contributed by atoms with E-state index >= 15 is 0 Å². The number of nitrogens with two attached hydrogens (primary N) is 1. The van der Waals surface area contributed by atoms with Gasteiger partial charge >= 0.3 is 0 Å². The predicted octanol–water partition coefficient (Wildman–Crippen LogP) is 3.30. The molecule has 1 aromatic carbocycles. The smallest absolute Gasteiger partial charge is 0.256 e. The van der Waals surface area contributed by atoms with Crippen LogP contribution in [0, 0.1) is 0 Å². The summed E-state index contributed by atoms with van der Waals surface area (Å²) in [6, 6.07) is 5.44. The van der Waals surface area contributed by atoms with Crippen molar-refractivity contribution in [3.8, 4) is 0 Å². The van der Waals surface area contributed by atoms with Crippen molar-refractivity contribution in [3.05, 3.63) is 40.2 Å². The van der Waals surface area contributed by atoms with Crippen LogP contribution < -0.4 is 16.5 Å². The Hall–Kier alpha value is -2.30. The first-order chi connectivity index (χ1) is 11.6. The number of aromatic nitrogens is 1. The highest BCUT2D eigenvalue weighted by molar-refractivity contribution is 6.00. The molecule has 0 spiro atoms. The molecule has 0 aliphatic carbocycles. The number of hydrogen-bond donors (Lipinski definition) is 2. The standard InChI is InChI=1S/C19H27N3O2/c1-3-5-6-7-12-22-13-14(19(24)21-11-4-2)18(23)17-15(20)9-8-10-16(17)22/h8-10,13H,3-7,11-12,20H2,1-2H3,(H,21,24). The molecule has 24 heavy (non-hydrogen) atoms. The van der Waals surface area contributed by atoms with Gasteiger partial charge in [0.2, 0.25) is 5.43 Å². The first kappa shape index (κ1) is 18.0. The quantitative estimate of drug-likeness (QED) is 0.576. The van der Waals surface area contributed by atoms with Crippen LogP contribution in [-0.2, 0) is 6.54 Å². The molecule has 5 heteroatoms. The summed E-state index contributed by atoms with van der Waals surface area (Å²) in [5, 5.41) is 3.23. The molecule has 0 unspecified atom stereocenters. The second-order valence-corrected chi connectivity index (χ2v) is 6.12. The number of nitrogens with one attached hydrogen (secondary N) is 1. The van der Waals surface area contributed by atoms with E-state index in [2.05, 4.69) is 12.2 Å². The number of unbranched alkanes of at least 4 members (excludes halogenated alkanes) is 3. The van der Waals surface area contributed by atoms with Crippen molar-refractivity contribution in [1.82, 2.24) is 9.88 Å². The van der Waals surface area contributed by atoms with Gasteiger partial charge in [0, 0.05) is 25.0 Å². The molecule has 0 saturated carbocycles. The van der Waals surface area contributed by atoms with Gasteiger partial charge in [0.1, 0.15) is 5.56 Å². The minimum atomic E-state index is -0.325. The zero-order valence-electron chi connectivity index (χ0n) is 14.6. The van der Waals surface area contributed by atoms with E-state index in [1.807, 2.05) is 23.6 Å². The van der Waals surface area contributed by atoms with Crippen molar-refractivity contribution in [2.45, 2.75) is 52.5 Å². The summed E-state index contributed by atoms with van der Waals surface area (Å²) in [5.41, 5.74) is 7.12. The van der Waals surface area contributed by atoms with Gasteiger partial charge in [0.15, 0.2) is 0 Å². The van der Waals surface area contributed by atoms with E-state index in [1.165, 1.54) is 12.8 Å². The molecular formula is C19H27N3O2. The van der Waals surface area contributed by atoms with E-state index in [-0.39, 0.29) is 16.9 Å². The summed E-state index contributed by atoms with van der Waals surface area (Å²) >= 11 is 0. The molecule has 1 amide bonds. The van der Waals surface area contributed by atoms with Gasteiger partial charge < -0.3 is 15.6 Å². The highest BCUT2D eigenvalue weighted by Crippen LogP contribution is 2.19. The topological polar surface area (TPSA) is 77.1 Å². The van der Waals surface area contributed by atoms with Gasteiger partial charge in [-0.05, 0) is 25.0 Å². The molecule has 0 saturated heterocycles. The minimum absolute atomic E-state index is 0.171. The number of amides is 1. The van der Waals surface area contributed by atoms with Crippen LogP contribution in [0.2, 0.25) is 0 Å². The Balaban J connectivity index is 2.47. The molecule has 1 aromatic heterocycles. The van der Waals surface area contributed by atoms with Crippen molar-refractivity contribution in [2.24, 2.45) is 0 Å². The van der Waals surface area contributed by atoms with Crippen LogP contribution in [0.1, 0.15) is 56.3 Å². The summed E-state index contributed by atoms with van der Waals surface area (Å²) in [4.78, 5) is 25.1. The van der Waals surface area contributed by atoms with Gasteiger partial charge in [-0.15, -0.1) is 0 Å². The Labute approximate surface area is 142 Å². The summed E-state index contributed by atoms with van der Waals surface area (Å²) in [6.45, 7) is 5.47. The third-order valence-corrected chi connectivity index (χ3v) is 4.17. The van der Waals surface area contributed by atoms with Crippen molar-refractivity contribution in [2.75, 3.05) is 12.3 Å². The summed E-state index contributed by atoms with van der Waals surface area (Å²) in [7, 11) is 0. The first-order valence-corrected chi connectivity index (χ1v) is 8.80. The molecule has 0 atom stereocenters. The first-order valence-electron chi connectivity index (χ1n) is 8.80. The molecule has 0 aliphatic rings. The third kappa shape index (κ3) is 3.96. The molecule has 1 heterocycles. The molecule has 130 valence electrons. The van der Waals surface area contributed by atoms with E-state index in [9.17, 15) is 9.59 Å². The average Bonchev–Trinajstić information content (AvgIpc) is 2.58. The van der Waals surface area contributed by atoms with E-state index in [0.29, 0.717) is 17.6 Å². The number of fused-ring (bicyclic) bond motifs is 1. The predicted molar refractivity (Wildman–Crippen MR) is 99.4 cm³/mol. The molecule has 0 aliphatic heterocycles. The van der Waals surface area contributed by atoms with E-state index in [0.717, 1.165) is 31.3 Å². The molecule has 0 radical (unpaired) electrons. The molecular weight excluding hydrogens is 302 g/mol. The Bertz CT molecular complexity index is 765. The normalized spacial score (nSPS) is 10.9. The largest absolute Gasteiger partial charge is 0.398 e. The second kappa shape index (κ2) is 8.52. The lowest BCUT2D eigenvalue weighted by atomic mass is 10.1. The monoisotopic (exact) mass is 329 g/mol. The zero-order valence-corrected chi connectivity index (χ0v) is 14.6. The van der Waals surface area contributed by atoms with E-state index in [4.69, 9.17) is 5.73 Å². The zero-order chi connectivity index (χ0) is 17.5. The lowest BCUT2D eigenvalue weighted by Gasteiger charge is -2.14. The van der Waals surface area contributed by atoms with E-state index in [1.54, 1.807) is 12.3 Å². The second-order valence-electron chi connectivity index (χ2n) is 6.12. The fourth-order valence-electron chi connectivity index (χ4n) is 2.85. The Morgan fingerprint density at radius 3 is 2.67 bits per heavy atom. The number of nitrogen functional groups attached to an aromatic ring is 1.